The number of carboxylic acid groups (broad SMARTS) is 1. The van der Waals surface area contributed by atoms with E-state index in [-0.39, 0.29) is 0 Å². The van der Waals surface area contributed by atoms with Crippen LogP contribution < -0.4 is 5.73 Å². The molecule has 0 radical (unpaired) electrons. The highest BCUT2D eigenvalue weighted by Crippen LogP contribution is 2.13. The van der Waals surface area contributed by atoms with E-state index in [1.54, 1.807) is 12.1 Å². The summed E-state index contributed by atoms with van der Waals surface area (Å²) in [4.78, 5) is 8.90. The zero-order valence-corrected chi connectivity index (χ0v) is 8.53. The molecule has 1 aromatic carbocycles. The lowest BCUT2D eigenvalue weighted by Gasteiger charge is -1.93. The summed E-state index contributed by atoms with van der Waals surface area (Å²) >= 11 is 0. The molecule has 0 aliphatic heterocycles. The van der Waals surface area contributed by atoms with Gasteiger partial charge in [0.05, 0.1) is 11.6 Å². The van der Waals surface area contributed by atoms with E-state index in [4.69, 9.17) is 20.9 Å². The van der Waals surface area contributed by atoms with Gasteiger partial charge in [-0.1, -0.05) is 12.1 Å². The lowest BCUT2D eigenvalue weighted by Crippen LogP contribution is -2.21. The molecule has 0 spiro atoms. The lowest BCUT2D eigenvalue weighted by atomic mass is 10.1. The SMILES string of the molecule is N#Cc1ccc(CN)cc1.O=C(O)C(F)(F)F. The number of nitrogens with zero attached hydrogens (tertiary/aromatic N) is 1. The maximum Gasteiger partial charge on any atom is 0.490 e. The average molecular weight is 246 g/mol. The van der Waals surface area contributed by atoms with Crippen LogP contribution in [0.15, 0.2) is 24.3 Å². The monoisotopic (exact) mass is 246 g/mol. The average Bonchev–Trinajstić information content (AvgIpc) is 2.28. The number of benzene rings is 1. The van der Waals surface area contributed by atoms with Crippen molar-refractivity contribution in [2.24, 2.45) is 5.73 Å². The van der Waals surface area contributed by atoms with Crippen LogP contribution >= 0.6 is 0 Å². The van der Waals surface area contributed by atoms with Crippen molar-refractivity contribution in [3.8, 4) is 6.07 Å². The van der Waals surface area contributed by atoms with Gasteiger partial charge in [0, 0.05) is 6.54 Å². The van der Waals surface area contributed by atoms with Gasteiger partial charge in [0.2, 0.25) is 0 Å². The van der Waals surface area contributed by atoms with Gasteiger partial charge < -0.3 is 10.8 Å². The van der Waals surface area contributed by atoms with E-state index in [1.807, 2.05) is 18.2 Å². The highest BCUT2D eigenvalue weighted by atomic mass is 19.4. The number of rotatable bonds is 1. The summed E-state index contributed by atoms with van der Waals surface area (Å²) in [5, 5.41) is 15.5. The Labute approximate surface area is 95.1 Å². The van der Waals surface area contributed by atoms with Gasteiger partial charge in [-0.2, -0.15) is 18.4 Å². The Balaban J connectivity index is 0.000000325. The van der Waals surface area contributed by atoms with E-state index >= 15 is 0 Å². The van der Waals surface area contributed by atoms with Crippen molar-refractivity contribution in [2.45, 2.75) is 12.7 Å². The highest BCUT2D eigenvalue weighted by Gasteiger charge is 2.38. The molecule has 0 saturated carbocycles. The summed E-state index contributed by atoms with van der Waals surface area (Å²) in [5.74, 6) is -2.76. The molecule has 3 N–H and O–H groups in total. The topological polar surface area (TPSA) is 87.1 Å². The van der Waals surface area contributed by atoms with Gasteiger partial charge in [-0.3, -0.25) is 0 Å². The Morgan fingerprint density at radius 1 is 1.35 bits per heavy atom. The standard InChI is InChI=1S/C8H8N2.C2HF3O2/c9-5-7-1-2-8(6-10)4-3-7;3-2(4,5)1(6)7/h1-4H,5,9H2;(H,6,7). The molecule has 0 saturated heterocycles. The largest absolute Gasteiger partial charge is 0.490 e. The van der Waals surface area contributed by atoms with Crippen LogP contribution in [0.4, 0.5) is 13.2 Å². The molecule has 7 heteroatoms. The molecule has 0 aromatic heterocycles. The highest BCUT2D eigenvalue weighted by molar-refractivity contribution is 5.73. The molecule has 0 amide bonds. The van der Waals surface area contributed by atoms with Crippen LogP contribution in [0.3, 0.4) is 0 Å². The molecule has 1 aromatic rings. The van der Waals surface area contributed by atoms with E-state index in [9.17, 15) is 13.2 Å². The molecule has 0 aliphatic rings. The van der Waals surface area contributed by atoms with Gasteiger partial charge in [0.25, 0.3) is 0 Å². The summed E-state index contributed by atoms with van der Waals surface area (Å²) in [6, 6.07) is 9.29. The van der Waals surface area contributed by atoms with Gasteiger partial charge in [-0.25, -0.2) is 4.79 Å². The van der Waals surface area contributed by atoms with Gasteiger partial charge in [-0.15, -0.1) is 0 Å². The third-order valence-corrected chi connectivity index (χ3v) is 1.56. The minimum absolute atomic E-state index is 0.533. The van der Waals surface area contributed by atoms with Crippen molar-refractivity contribution in [3.05, 3.63) is 35.4 Å². The molecular weight excluding hydrogens is 237 g/mol. The number of carboxylic acids is 1. The first-order valence-corrected chi connectivity index (χ1v) is 4.30. The number of aliphatic carboxylic acids is 1. The molecule has 4 nitrogen and oxygen atoms in total. The first kappa shape index (κ1) is 14.9. The van der Waals surface area contributed by atoms with Gasteiger partial charge in [0.1, 0.15) is 0 Å². The van der Waals surface area contributed by atoms with Crippen LogP contribution in [0.5, 0.6) is 0 Å². The van der Waals surface area contributed by atoms with Crippen molar-refractivity contribution in [1.29, 1.82) is 5.26 Å². The zero-order valence-electron chi connectivity index (χ0n) is 8.53. The Hall–Kier alpha value is -2.07. The number of nitrogens with two attached hydrogens (primary N) is 1. The van der Waals surface area contributed by atoms with E-state index in [1.165, 1.54) is 0 Å². The lowest BCUT2D eigenvalue weighted by molar-refractivity contribution is -0.192. The number of carbonyl (C=O) groups is 1. The molecule has 0 bridgehead atoms. The molecule has 0 aliphatic carbocycles. The molecule has 0 unspecified atom stereocenters. The number of alkyl halides is 3. The molecule has 1 rings (SSSR count). The molecule has 92 valence electrons. The first-order valence-electron chi connectivity index (χ1n) is 4.30. The van der Waals surface area contributed by atoms with Crippen LogP contribution in [0.2, 0.25) is 0 Å². The third-order valence-electron chi connectivity index (χ3n) is 1.56. The van der Waals surface area contributed by atoms with E-state index in [0.717, 1.165) is 5.56 Å². The zero-order chi connectivity index (χ0) is 13.5. The fraction of sp³-hybridized carbons (Fsp3) is 0.200. The summed E-state index contributed by atoms with van der Waals surface area (Å²) < 4.78 is 31.7. The second kappa shape index (κ2) is 6.50. The molecule has 0 heterocycles. The van der Waals surface area contributed by atoms with E-state index < -0.39 is 12.1 Å². The van der Waals surface area contributed by atoms with Crippen molar-refractivity contribution >= 4 is 5.97 Å². The fourth-order valence-electron chi connectivity index (χ4n) is 0.715. The van der Waals surface area contributed by atoms with Crippen LogP contribution in [-0.4, -0.2) is 17.3 Å². The third kappa shape index (κ3) is 6.17. The first-order chi connectivity index (χ1) is 7.81. The smallest absolute Gasteiger partial charge is 0.475 e. The van der Waals surface area contributed by atoms with Crippen molar-refractivity contribution < 1.29 is 23.1 Å². The Morgan fingerprint density at radius 2 is 1.76 bits per heavy atom. The number of hydrogen-bond acceptors (Lipinski definition) is 3. The predicted molar refractivity (Wildman–Crippen MR) is 52.7 cm³/mol. The summed E-state index contributed by atoms with van der Waals surface area (Å²) in [7, 11) is 0. The molecular formula is C10H9F3N2O2. The van der Waals surface area contributed by atoms with Gasteiger partial charge >= 0.3 is 12.1 Å². The Bertz CT molecular complexity index is 407. The van der Waals surface area contributed by atoms with Crippen molar-refractivity contribution in [1.82, 2.24) is 0 Å². The van der Waals surface area contributed by atoms with E-state index in [2.05, 4.69) is 0 Å². The maximum atomic E-state index is 10.6. The maximum absolute atomic E-state index is 10.6. The summed E-state index contributed by atoms with van der Waals surface area (Å²) in [6.07, 6.45) is -5.08. The predicted octanol–water partition coefficient (Wildman–Crippen LogP) is 1.65. The van der Waals surface area contributed by atoms with Gasteiger partial charge in [0.15, 0.2) is 0 Å². The number of halogens is 3. The normalized spacial score (nSPS) is 9.82. The summed E-state index contributed by atoms with van der Waals surface area (Å²) in [5.41, 5.74) is 7.09. The van der Waals surface area contributed by atoms with Gasteiger partial charge in [-0.05, 0) is 17.7 Å². The minimum Gasteiger partial charge on any atom is -0.475 e. The van der Waals surface area contributed by atoms with Crippen LogP contribution in [0.1, 0.15) is 11.1 Å². The van der Waals surface area contributed by atoms with Crippen molar-refractivity contribution in [3.63, 3.8) is 0 Å². The fourth-order valence-corrected chi connectivity index (χ4v) is 0.715. The minimum atomic E-state index is -5.08. The Kier molecular flexibility index (Phi) is 5.71. The summed E-state index contributed by atoms with van der Waals surface area (Å²) in [6.45, 7) is 0.533. The van der Waals surface area contributed by atoms with Crippen LogP contribution in [0, 0.1) is 11.3 Å². The van der Waals surface area contributed by atoms with Crippen LogP contribution in [0.25, 0.3) is 0 Å². The number of hydrogen-bond donors (Lipinski definition) is 2. The Morgan fingerprint density at radius 3 is 2.00 bits per heavy atom. The van der Waals surface area contributed by atoms with Crippen molar-refractivity contribution in [2.75, 3.05) is 0 Å². The molecule has 17 heavy (non-hydrogen) atoms. The quantitative estimate of drug-likeness (QED) is 0.788. The molecule has 0 fully saturated rings. The van der Waals surface area contributed by atoms with E-state index in [0.29, 0.717) is 12.1 Å². The second-order valence-corrected chi connectivity index (χ2v) is 2.82. The van der Waals surface area contributed by atoms with Crippen LogP contribution in [-0.2, 0) is 11.3 Å². The number of nitriles is 1. The second-order valence-electron chi connectivity index (χ2n) is 2.82. The molecule has 0 atom stereocenters.